The minimum absolute atomic E-state index is 0.0665. The summed E-state index contributed by atoms with van der Waals surface area (Å²) in [4.78, 5) is 10.8. The lowest BCUT2D eigenvalue weighted by Crippen LogP contribution is -2.22. The Morgan fingerprint density at radius 2 is 2.06 bits per heavy atom. The summed E-state index contributed by atoms with van der Waals surface area (Å²) < 4.78 is 4.98. The number of rotatable bonds is 4. The van der Waals surface area contributed by atoms with Crippen LogP contribution in [-0.4, -0.2) is 23.3 Å². The lowest BCUT2D eigenvalue weighted by Gasteiger charge is -2.25. The Morgan fingerprint density at radius 3 is 2.53 bits per heavy atom. The van der Waals surface area contributed by atoms with E-state index >= 15 is 0 Å². The molecular weight excluding hydrogens is 244 g/mol. The largest absolute Gasteiger partial charge is 0.504 e. The predicted octanol–water partition coefficient (Wildman–Crippen LogP) is 2.81. The number of ether oxygens (including phenoxy) is 1. The normalized spacial score (nSPS) is 11.3. The molecule has 2 N–H and O–H groups in total. The monoisotopic (exact) mass is 258 g/mol. The van der Waals surface area contributed by atoms with Gasteiger partial charge >= 0.3 is 5.97 Å². The van der Waals surface area contributed by atoms with E-state index in [-0.39, 0.29) is 17.9 Å². The molecule has 94 valence electrons. The molecule has 1 rings (SSSR count). The van der Waals surface area contributed by atoms with E-state index in [4.69, 9.17) is 21.4 Å². The van der Waals surface area contributed by atoms with Crippen LogP contribution < -0.4 is 4.74 Å². The zero-order valence-corrected chi connectivity index (χ0v) is 10.7. The first kappa shape index (κ1) is 13.6. The summed E-state index contributed by atoms with van der Waals surface area (Å²) in [5.74, 6) is -0.762. The van der Waals surface area contributed by atoms with E-state index in [1.807, 2.05) is 0 Å². The number of hydrogen-bond acceptors (Lipinski definition) is 3. The topological polar surface area (TPSA) is 66.8 Å². The minimum atomic E-state index is -0.937. The first-order chi connectivity index (χ1) is 7.77. The molecule has 0 bridgehead atoms. The SMILES string of the molecule is COc1cc(Cl)cc(C(C)(C)CC(=O)O)c1O. The van der Waals surface area contributed by atoms with Crippen molar-refractivity contribution in [3.63, 3.8) is 0 Å². The summed E-state index contributed by atoms with van der Waals surface area (Å²) in [6, 6.07) is 3.04. The third-order valence-electron chi connectivity index (χ3n) is 2.58. The third-order valence-corrected chi connectivity index (χ3v) is 2.80. The third kappa shape index (κ3) is 3.03. The number of phenolic OH excluding ortho intramolecular Hbond substituents is 1. The second kappa shape index (κ2) is 4.84. The smallest absolute Gasteiger partial charge is 0.304 e. The Hall–Kier alpha value is -1.42. The molecule has 0 heterocycles. The highest BCUT2D eigenvalue weighted by molar-refractivity contribution is 6.30. The van der Waals surface area contributed by atoms with Crippen molar-refractivity contribution in [3.8, 4) is 11.5 Å². The van der Waals surface area contributed by atoms with Crippen molar-refractivity contribution in [1.29, 1.82) is 0 Å². The Morgan fingerprint density at radius 1 is 1.47 bits per heavy atom. The number of carboxylic acids is 1. The molecule has 0 radical (unpaired) electrons. The van der Waals surface area contributed by atoms with Crippen LogP contribution in [0.5, 0.6) is 11.5 Å². The quantitative estimate of drug-likeness (QED) is 0.872. The van der Waals surface area contributed by atoms with Gasteiger partial charge in [-0.2, -0.15) is 0 Å². The zero-order chi connectivity index (χ0) is 13.2. The van der Waals surface area contributed by atoms with Gasteiger partial charge in [-0.3, -0.25) is 4.79 Å². The Labute approximate surface area is 105 Å². The van der Waals surface area contributed by atoms with Crippen LogP contribution in [0.15, 0.2) is 12.1 Å². The molecule has 4 nitrogen and oxygen atoms in total. The van der Waals surface area contributed by atoms with Crippen molar-refractivity contribution in [2.45, 2.75) is 25.7 Å². The van der Waals surface area contributed by atoms with Gasteiger partial charge in [0.05, 0.1) is 13.5 Å². The Balaban J connectivity index is 3.29. The fourth-order valence-electron chi connectivity index (χ4n) is 1.72. The van der Waals surface area contributed by atoms with Crippen LogP contribution in [-0.2, 0) is 10.2 Å². The number of aromatic hydroxyl groups is 1. The van der Waals surface area contributed by atoms with Gasteiger partial charge in [0.2, 0.25) is 0 Å². The van der Waals surface area contributed by atoms with Crippen molar-refractivity contribution in [2.75, 3.05) is 7.11 Å². The van der Waals surface area contributed by atoms with Gasteiger partial charge < -0.3 is 14.9 Å². The summed E-state index contributed by atoms with van der Waals surface area (Å²) >= 11 is 5.90. The van der Waals surface area contributed by atoms with E-state index in [1.165, 1.54) is 13.2 Å². The fraction of sp³-hybridized carbons (Fsp3) is 0.417. The molecule has 0 unspecified atom stereocenters. The van der Waals surface area contributed by atoms with E-state index in [0.717, 1.165) is 0 Å². The summed E-state index contributed by atoms with van der Waals surface area (Å²) in [6.07, 6.45) is -0.107. The molecule has 0 saturated heterocycles. The molecule has 0 atom stereocenters. The van der Waals surface area contributed by atoms with Crippen molar-refractivity contribution in [2.24, 2.45) is 0 Å². The van der Waals surface area contributed by atoms with Gasteiger partial charge in [0.1, 0.15) is 0 Å². The number of aliphatic carboxylic acids is 1. The number of phenols is 1. The maximum absolute atomic E-state index is 10.8. The number of halogens is 1. The molecule has 0 aliphatic rings. The van der Waals surface area contributed by atoms with Crippen molar-refractivity contribution < 1.29 is 19.7 Å². The van der Waals surface area contributed by atoms with Gasteiger partial charge in [-0.25, -0.2) is 0 Å². The molecule has 0 aliphatic heterocycles. The van der Waals surface area contributed by atoms with Crippen LogP contribution in [0.1, 0.15) is 25.8 Å². The van der Waals surface area contributed by atoms with Crippen LogP contribution in [0.2, 0.25) is 5.02 Å². The summed E-state index contributed by atoms with van der Waals surface area (Å²) in [5, 5.41) is 19.2. The highest BCUT2D eigenvalue weighted by atomic mass is 35.5. The molecule has 0 saturated carbocycles. The predicted molar refractivity (Wildman–Crippen MR) is 64.9 cm³/mol. The first-order valence-corrected chi connectivity index (χ1v) is 5.44. The average molecular weight is 259 g/mol. The molecule has 0 aliphatic carbocycles. The lowest BCUT2D eigenvalue weighted by molar-refractivity contribution is -0.138. The summed E-state index contributed by atoms with van der Waals surface area (Å²) in [7, 11) is 1.42. The minimum Gasteiger partial charge on any atom is -0.504 e. The molecule has 5 heteroatoms. The molecule has 1 aromatic carbocycles. The Bertz CT molecular complexity index is 440. The van der Waals surface area contributed by atoms with Gasteiger partial charge in [0.25, 0.3) is 0 Å². The van der Waals surface area contributed by atoms with Crippen molar-refractivity contribution >= 4 is 17.6 Å². The zero-order valence-electron chi connectivity index (χ0n) is 9.95. The molecule has 0 fully saturated rings. The van der Waals surface area contributed by atoms with Crippen LogP contribution >= 0.6 is 11.6 Å². The maximum atomic E-state index is 10.8. The molecule has 0 aromatic heterocycles. The molecule has 17 heavy (non-hydrogen) atoms. The van der Waals surface area contributed by atoms with Crippen molar-refractivity contribution in [3.05, 3.63) is 22.7 Å². The van der Waals surface area contributed by atoms with E-state index in [0.29, 0.717) is 10.6 Å². The summed E-state index contributed by atoms with van der Waals surface area (Å²) in [5.41, 5.74) is -0.266. The van der Waals surface area contributed by atoms with Gasteiger partial charge in [0.15, 0.2) is 11.5 Å². The highest BCUT2D eigenvalue weighted by Crippen LogP contribution is 2.41. The van der Waals surface area contributed by atoms with E-state index in [9.17, 15) is 9.90 Å². The van der Waals surface area contributed by atoms with Gasteiger partial charge in [-0.15, -0.1) is 0 Å². The number of carbonyl (C=O) groups is 1. The molecular formula is C12H15ClO4. The van der Waals surface area contributed by atoms with Crippen LogP contribution in [0.4, 0.5) is 0 Å². The number of methoxy groups -OCH3 is 1. The van der Waals surface area contributed by atoms with E-state index in [2.05, 4.69) is 0 Å². The average Bonchev–Trinajstić information content (AvgIpc) is 2.18. The van der Waals surface area contributed by atoms with Gasteiger partial charge in [-0.05, 0) is 6.07 Å². The van der Waals surface area contributed by atoms with Crippen LogP contribution in [0, 0.1) is 0 Å². The second-order valence-corrected chi connectivity index (χ2v) is 4.90. The standard InChI is InChI=1S/C12H15ClO4/c1-12(2,6-10(14)15)8-4-7(13)5-9(17-3)11(8)16/h4-5,16H,6H2,1-3H3,(H,14,15). The Kier molecular flexibility index (Phi) is 3.88. The number of carboxylic acid groups (broad SMARTS) is 1. The van der Waals surface area contributed by atoms with Crippen LogP contribution in [0.25, 0.3) is 0 Å². The van der Waals surface area contributed by atoms with Gasteiger partial charge in [-0.1, -0.05) is 25.4 Å². The number of hydrogen-bond donors (Lipinski definition) is 2. The van der Waals surface area contributed by atoms with Crippen molar-refractivity contribution in [1.82, 2.24) is 0 Å². The molecule has 0 spiro atoms. The van der Waals surface area contributed by atoms with Gasteiger partial charge in [0, 0.05) is 22.1 Å². The fourth-order valence-corrected chi connectivity index (χ4v) is 1.93. The maximum Gasteiger partial charge on any atom is 0.304 e. The molecule has 0 amide bonds. The van der Waals surface area contributed by atoms with E-state index < -0.39 is 11.4 Å². The lowest BCUT2D eigenvalue weighted by atomic mass is 9.81. The molecule has 1 aromatic rings. The second-order valence-electron chi connectivity index (χ2n) is 4.46. The van der Waals surface area contributed by atoms with E-state index in [1.54, 1.807) is 19.9 Å². The number of benzene rings is 1. The van der Waals surface area contributed by atoms with Crippen LogP contribution in [0.3, 0.4) is 0 Å². The first-order valence-electron chi connectivity index (χ1n) is 5.06. The summed E-state index contributed by atoms with van der Waals surface area (Å²) in [6.45, 7) is 3.46. The highest BCUT2D eigenvalue weighted by Gasteiger charge is 2.29.